The first kappa shape index (κ1) is 14.5. The minimum absolute atomic E-state index is 0.0294. The van der Waals surface area contributed by atoms with Gasteiger partial charge in [-0.05, 0) is 24.6 Å². The number of ether oxygens (including phenoxy) is 1. The SMILES string of the molecule is COc1cccc(S(=O)(=O)CCCc2nnc(C)o2)c1. The van der Waals surface area contributed by atoms with Crippen LogP contribution in [0.25, 0.3) is 0 Å². The first-order chi connectivity index (χ1) is 9.51. The second kappa shape index (κ2) is 6.04. The van der Waals surface area contributed by atoms with Gasteiger partial charge in [-0.3, -0.25) is 0 Å². The van der Waals surface area contributed by atoms with Crippen LogP contribution in [-0.4, -0.2) is 31.5 Å². The molecule has 0 fully saturated rings. The normalized spacial score (nSPS) is 11.5. The smallest absolute Gasteiger partial charge is 0.216 e. The Morgan fingerprint density at radius 2 is 2.10 bits per heavy atom. The first-order valence-electron chi connectivity index (χ1n) is 6.17. The van der Waals surface area contributed by atoms with Crippen molar-refractivity contribution in [2.75, 3.05) is 12.9 Å². The van der Waals surface area contributed by atoms with Crippen molar-refractivity contribution in [3.05, 3.63) is 36.0 Å². The monoisotopic (exact) mass is 296 g/mol. The summed E-state index contributed by atoms with van der Waals surface area (Å²) in [6.45, 7) is 1.70. The minimum atomic E-state index is -3.33. The van der Waals surface area contributed by atoms with Crippen molar-refractivity contribution in [2.24, 2.45) is 0 Å². The fourth-order valence-electron chi connectivity index (χ4n) is 1.76. The molecule has 0 saturated carbocycles. The zero-order valence-electron chi connectivity index (χ0n) is 11.4. The number of methoxy groups -OCH3 is 1. The molecule has 0 aliphatic carbocycles. The van der Waals surface area contributed by atoms with Crippen LogP contribution in [0.5, 0.6) is 5.75 Å². The Bertz CT molecular complexity index is 679. The third-order valence-corrected chi connectivity index (χ3v) is 4.57. The second-order valence-corrected chi connectivity index (χ2v) is 6.43. The van der Waals surface area contributed by atoms with Crippen LogP contribution in [0.15, 0.2) is 33.6 Å². The number of benzene rings is 1. The molecule has 1 aromatic heterocycles. The summed E-state index contributed by atoms with van der Waals surface area (Å²) in [7, 11) is -1.82. The maximum absolute atomic E-state index is 12.2. The Morgan fingerprint density at radius 1 is 1.30 bits per heavy atom. The molecular weight excluding hydrogens is 280 g/mol. The predicted molar refractivity (Wildman–Crippen MR) is 72.4 cm³/mol. The largest absolute Gasteiger partial charge is 0.497 e. The van der Waals surface area contributed by atoms with E-state index in [0.29, 0.717) is 30.4 Å². The summed E-state index contributed by atoms with van der Waals surface area (Å²) in [4.78, 5) is 0.263. The second-order valence-electron chi connectivity index (χ2n) is 4.32. The molecule has 0 saturated heterocycles. The molecule has 7 heteroatoms. The molecule has 0 aliphatic rings. The van der Waals surface area contributed by atoms with E-state index in [9.17, 15) is 8.42 Å². The number of hydrogen-bond acceptors (Lipinski definition) is 6. The minimum Gasteiger partial charge on any atom is -0.497 e. The van der Waals surface area contributed by atoms with Crippen LogP contribution in [0.4, 0.5) is 0 Å². The highest BCUT2D eigenvalue weighted by Crippen LogP contribution is 2.19. The topological polar surface area (TPSA) is 82.3 Å². The van der Waals surface area contributed by atoms with E-state index in [-0.39, 0.29) is 10.6 Å². The maximum Gasteiger partial charge on any atom is 0.216 e. The zero-order chi connectivity index (χ0) is 14.6. The van der Waals surface area contributed by atoms with Gasteiger partial charge in [0, 0.05) is 13.3 Å². The van der Waals surface area contributed by atoms with E-state index in [1.807, 2.05) is 0 Å². The average Bonchev–Trinajstić information content (AvgIpc) is 2.84. The molecule has 0 unspecified atom stereocenters. The van der Waals surface area contributed by atoms with Crippen LogP contribution >= 0.6 is 0 Å². The Balaban J connectivity index is 2.00. The van der Waals surface area contributed by atoms with Crippen molar-refractivity contribution in [1.82, 2.24) is 10.2 Å². The number of rotatable bonds is 6. The Labute approximate surface area is 117 Å². The lowest BCUT2D eigenvalue weighted by atomic mass is 10.3. The van der Waals surface area contributed by atoms with Gasteiger partial charge in [0.05, 0.1) is 17.8 Å². The van der Waals surface area contributed by atoms with Gasteiger partial charge in [-0.2, -0.15) is 0 Å². The lowest BCUT2D eigenvalue weighted by molar-refractivity contribution is 0.413. The zero-order valence-corrected chi connectivity index (χ0v) is 12.2. The molecule has 2 rings (SSSR count). The van der Waals surface area contributed by atoms with Gasteiger partial charge >= 0.3 is 0 Å². The molecule has 20 heavy (non-hydrogen) atoms. The van der Waals surface area contributed by atoms with E-state index in [0.717, 1.165) is 0 Å². The molecule has 0 spiro atoms. The fraction of sp³-hybridized carbons (Fsp3) is 0.385. The maximum atomic E-state index is 12.2. The van der Waals surface area contributed by atoms with Crippen molar-refractivity contribution in [2.45, 2.75) is 24.7 Å². The number of aryl methyl sites for hydroxylation is 2. The third kappa shape index (κ3) is 3.57. The summed E-state index contributed by atoms with van der Waals surface area (Å²) in [6.07, 6.45) is 0.880. The summed E-state index contributed by atoms with van der Waals surface area (Å²) in [5.41, 5.74) is 0. The number of nitrogens with zero attached hydrogens (tertiary/aromatic N) is 2. The van der Waals surface area contributed by atoms with E-state index < -0.39 is 9.84 Å². The molecule has 1 aromatic carbocycles. The highest BCUT2D eigenvalue weighted by atomic mass is 32.2. The lowest BCUT2D eigenvalue weighted by Crippen LogP contribution is -2.08. The van der Waals surface area contributed by atoms with Gasteiger partial charge in [0.25, 0.3) is 0 Å². The molecule has 0 atom stereocenters. The van der Waals surface area contributed by atoms with Gasteiger partial charge in [0.15, 0.2) is 9.84 Å². The van der Waals surface area contributed by atoms with E-state index in [2.05, 4.69) is 10.2 Å². The average molecular weight is 296 g/mol. The van der Waals surface area contributed by atoms with Gasteiger partial charge in [-0.25, -0.2) is 8.42 Å². The Hall–Kier alpha value is -1.89. The molecular formula is C13H16N2O4S. The van der Waals surface area contributed by atoms with Gasteiger partial charge in [0.2, 0.25) is 11.8 Å². The first-order valence-corrected chi connectivity index (χ1v) is 7.82. The Morgan fingerprint density at radius 3 is 2.75 bits per heavy atom. The molecule has 0 amide bonds. The number of aromatic nitrogens is 2. The molecule has 0 bridgehead atoms. The summed E-state index contributed by atoms with van der Waals surface area (Å²) < 4.78 is 34.6. The molecule has 108 valence electrons. The van der Waals surface area contributed by atoms with Crippen molar-refractivity contribution >= 4 is 9.84 Å². The van der Waals surface area contributed by atoms with E-state index in [1.165, 1.54) is 13.2 Å². The van der Waals surface area contributed by atoms with Crippen LogP contribution in [0.1, 0.15) is 18.2 Å². The van der Waals surface area contributed by atoms with Crippen molar-refractivity contribution in [1.29, 1.82) is 0 Å². The molecule has 0 aliphatic heterocycles. The number of hydrogen-bond donors (Lipinski definition) is 0. The van der Waals surface area contributed by atoms with Crippen LogP contribution in [-0.2, 0) is 16.3 Å². The summed E-state index contributed by atoms with van der Waals surface area (Å²) in [5, 5.41) is 7.53. The lowest BCUT2D eigenvalue weighted by Gasteiger charge is -2.05. The van der Waals surface area contributed by atoms with Crippen LogP contribution in [0.2, 0.25) is 0 Å². The van der Waals surface area contributed by atoms with Gasteiger partial charge in [-0.1, -0.05) is 6.07 Å². The van der Waals surface area contributed by atoms with Gasteiger partial charge < -0.3 is 9.15 Å². The van der Waals surface area contributed by atoms with Gasteiger partial charge in [-0.15, -0.1) is 10.2 Å². The quantitative estimate of drug-likeness (QED) is 0.808. The van der Waals surface area contributed by atoms with Crippen LogP contribution in [0.3, 0.4) is 0 Å². The van der Waals surface area contributed by atoms with Crippen molar-refractivity contribution in [3.8, 4) is 5.75 Å². The van der Waals surface area contributed by atoms with Crippen molar-refractivity contribution in [3.63, 3.8) is 0 Å². The predicted octanol–water partition coefficient (Wildman–Crippen LogP) is 1.79. The highest BCUT2D eigenvalue weighted by Gasteiger charge is 2.15. The standard InChI is InChI=1S/C13H16N2O4S/c1-10-14-15-13(19-10)7-4-8-20(16,17)12-6-3-5-11(9-12)18-2/h3,5-6,9H,4,7-8H2,1-2H3. The molecule has 6 nitrogen and oxygen atoms in total. The number of sulfone groups is 1. The van der Waals surface area contributed by atoms with Crippen LogP contribution in [0, 0.1) is 6.92 Å². The molecule has 1 heterocycles. The van der Waals surface area contributed by atoms with E-state index >= 15 is 0 Å². The third-order valence-electron chi connectivity index (χ3n) is 2.77. The molecule has 0 N–H and O–H groups in total. The fourth-order valence-corrected chi connectivity index (χ4v) is 3.11. The highest BCUT2D eigenvalue weighted by molar-refractivity contribution is 7.91. The summed E-state index contributed by atoms with van der Waals surface area (Å²) in [6, 6.07) is 6.45. The van der Waals surface area contributed by atoms with Gasteiger partial charge in [0.1, 0.15) is 5.75 Å². The molecule has 0 radical (unpaired) electrons. The van der Waals surface area contributed by atoms with E-state index in [1.54, 1.807) is 25.1 Å². The summed E-state index contributed by atoms with van der Waals surface area (Å²) in [5.74, 6) is 1.50. The Kier molecular flexibility index (Phi) is 4.39. The van der Waals surface area contributed by atoms with Crippen molar-refractivity contribution < 1.29 is 17.6 Å². The summed E-state index contributed by atoms with van der Waals surface area (Å²) >= 11 is 0. The molecule has 2 aromatic rings. The van der Waals surface area contributed by atoms with E-state index in [4.69, 9.17) is 9.15 Å². The van der Waals surface area contributed by atoms with Crippen LogP contribution < -0.4 is 4.74 Å².